The van der Waals surface area contributed by atoms with Crippen molar-refractivity contribution < 1.29 is 33.2 Å². The van der Waals surface area contributed by atoms with Crippen LogP contribution in [-0.4, -0.2) is 51.6 Å². The highest BCUT2D eigenvalue weighted by molar-refractivity contribution is 5.14. The van der Waals surface area contributed by atoms with Gasteiger partial charge in [0.2, 0.25) is 0 Å². The van der Waals surface area contributed by atoms with E-state index in [1.807, 2.05) is 48.6 Å². The molecule has 2 unspecified atom stereocenters. The van der Waals surface area contributed by atoms with Crippen molar-refractivity contribution in [2.75, 3.05) is 26.4 Å². The van der Waals surface area contributed by atoms with E-state index in [1.54, 1.807) is 0 Å². The number of hydrogen-bond donors (Lipinski definition) is 0. The molecule has 2 atom stereocenters. The molecule has 0 aliphatic heterocycles. The van der Waals surface area contributed by atoms with E-state index in [1.165, 1.54) is 103 Å². The van der Waals surface area contributed by atoms with Gasteiger partial charge in [0.15, 0.2) is 25.2 Å². The van der Waals surface area contributed by atoms with Crippen molar-refractivity contribution in [3.63, 3.8) is 0 Å². The maximum Gasteiger partial charge on any atom is 0.180 e. The molecule has 0 spiro atoms. The lowest BCUT2D eigenvalue weighted by molar-refractivity contribution is -0.215. The van der Waals surface area contributed by atoms with Crippen LogP contribution in [0.2, 0.25) is 0 Å². The second kappa shape index (κ2) is 41.6. The molecular formula is C54H90O7. The Morgan fingerprint density at radius 3 is 1.00 bits per heavy atom. The average molecular weight is 851 g/mol. The van der Waals surface area contributed by atoms with Gasteiger partial charge in [0, 0.05) is 39.3 Å². The molecule has 7 heteroatoms. The van der Waals surface area contributed by atoms with Crippen LogP contribution in [0.3, 0.4) is 0 Å². The summed E-state index contributed by atoms with van der Waals surface area (Å²) < 4.78 is 44.6. The van der Waals surface area contributed by atoms with Gasteiger partial charge in [-0.05, 0) is 61.8 Å². The predicted molar refractivity (Wildman–Crippen MR) is 254 cm³/mol. The molecule has 0 N–H and O–H groups in total. The first-order valence-electron chi connectivity index (χ1n) is 24.9. The summed E-state index contributed by atoms with van der Waals surface area (Å²) in [5, 5.41) is 0. The van der Waals surface area contributed by atoms with Gasteiger partial charge in [-0.25, -0.2) is 0 Å². The van der Waals surface area contributed by atoms with Crippen LogP contribution in [0.5, 0.6) is 0 Å². The fraction of sp³-hybridized carbons (Fsp3) is 0.704. The Bertz CT molecular complexity index is 1110. The van der Waals surface area contributed by atoms with Crippen LogP contribution >= 0.6 is 0 Å². The molecule has 0 aliphatic rings. The highest BCUT2D eigenvalue weighted by atomic mass is 16.8. The minimum absolute atomic E-state index is 0.213. The van der Waals surface area contributed by atoms with Crippen LogP contribution < -0.4 is 0 Å². The Morgan fingerprint density at radius 1 is 0.377 bits per heavy atom. The Labute approximate surface area is 374 Å². The number of allylic oxidation sites excluding steroid dienone is 2. The standard InChI is InChI=1S/C54H90O7/c1-5-9-13-17-31-43-55-51(56-44-32-18-14-10-6-2)39-27-29-41-53(59-47-49-35-23-21-24-36-49)61-54(60-48-50-37-25-22-26-38-50)42-30-28-40-52(57-45-33-19-15-11-7-3)58-46-34-20-16-12-8-4/h21-26,29-30,35-38,41-42,51-54H,5-20,27-28,31-34,39-40,43-48H2,1-4H3. The molecule has 7 nitrogen and oxygen atoms in total. The van der Waals surface area contributed by atoms with Crippen molar-refractivity contribution in [3.05, 3.63) is 96.1 Å². The number of hydrogen-bond acceptors (Lipinski definition) is 7. The highest BCUT2D eigenvalue weighted by Gasteiger charge is 2.16. The molecule has 0 bridgehead atoms. The summed E-state index contributed by atoms with van der Waals surface area (Å²) in [6, 6.07) is 20.5. The molecule has 2 aromatic rings. The number of unbranched alkanes of at least 4 members (excludes halogenated alkanes) is 16. The predicted octanol–water partition coefficient (Wildman–Crippen LogP) is 15.4. The van der Waals surface area contributed by atoms with Crippen LogP contribution in [0.15, 0.2) is 85.0 Å². The molecule has 0 saturated heterocycles. The third kappa shape index (κ3) is 32.9. The first kappa shape index (κ1) is 54.8. The molecule has 0 fully saturated rings. The smallest absolute Gasteiger partial charge is 0.180 e. The monoisotopic (exact) mass is 851 g/mol. The van der Waals surface area contributed by atoms with Crippen molar-refractivity contribution in [1.82, 2.24) is 0 Å². The van der Waals surface area contributed by atoms with Crippen molar-refractivity contribution >= 4 is 0 Å². The van der Waals surface area contributed by atoms with E-state index < -0.39 is 12.6 Å². The van der Waals surface area contributed by atoms with E-state index in [-0.39, 0.29) is 12.6 Å². The van der Waals surface area contributed by atoms with E-state index in [9.17, 15) is 0 Å². The second-order valence-electron chi connectivity index (χ2n) is 16.5. The molecule has 0 heterocycles. The maximum atomic E-state index is 6.61. The summed E-state index contributed by atoms with van der Waals surface area (Å²) >= 11 is 0. The summed E-state index contributed by atoms with van der Waals surface area (Å²) in [5.74, 6) is 0. The summed E-state index contributed by atoms with van der Waals surface area (Å²) in [7, 11) is 0. The topological polar surface area (TPSA) is 64.6 Å². The molecular weight excluding hydrogens is 761 g/mol. The summed E-state index contributed by atoms with van der Waals surface area (Å²) in [6.07, 6.45) is 34.1. The van der Waals surface area contributed by atoms with Gasteiger partial charge in [0.05, 0.1) is 13.2 Å². The van der Waals surface area contributed by atoms with Crippen molar-refractivity contribution in [1.29, 1.82) is 0 Å². The van der Waals surface area contributed by atoms with Crippen LogP contribution in [0.1, 0.15) is 193 Å². The minimum atomic E-state index is -0.622. The Hall–Kier alpha value is -2.36. The Kier molecular flexibility index (Phi) is 37.4. The number of rotatable bonds is 44. The SMILES string of the molecule is CCCCCCCOC(CCC=CC(OCc1ccccc1)OC(C=CCCC(OCCCCCCC)OCCCCCCC)OCc1ccccc1)OCCCCCCC. The lowest BCUT2D eigenvalue weighted by Gasteiger charge is -2.22. The van der Waals surface area contributed by atoms with Gasteiger partial charge in [-0.3, -0.25) is 0 Å². The third-order valence-corrected chi connectivity index (χ3v) is 10.7. The van der Waals surface area contributed by atoms with E-state index in [0.717, 1.165) is 88.9 Å². The minimum Gasteiger partial charge on any atom is -0.353 e. The number of benzene rings is 2. The van der Waals surface area contributed by atoms with Crippen molar-refractivity contribution in [2.24, 2.45) is 0 Å². The molecule has 2 rings (SSSR count). The largest absolute Gasteiger partial charge is 0.353 e. The molecule has 0 aliphatic carbocycles. The Morgan fingerprint density at radius 2 is 0.689 bits per heavy atom. The average Bonchev–Trinajstić information content (AvgIpc) is 3.29. The molecule has 2 aromatic carbocycles. The lowest BCUT2D eigenvalue weighted by atomic mass is 10.2. The fourth-order valence-corrected chi connectivity index (χ4v) is 6.91. The van der Waals surface area contributed by atoms with Crippen LogP contribution in [0, 0.1) is 0 Å². The Balaban J connectivity index is 2.11. The van der Waals surface area contributed by atoms with E-state index in [4.69, 9.17) is 33.2 Å². The van der Waals surface area contributed by atoms with Crippen LogP contribution in [0.4, 0.5) is 0 Å². The van der Waals surface area contributed by atoms with E-state index >= 15 is 0 Å². The zero-order chi connectivity index (χ0) is 43.5. The van der Waals surface area contributed by atoms with Gasteiger partial charge >= 0.3 is 0 Å². The van der Waals surface area contributed by atoms with Crippen molar-refractivity contribution in [2.45, 2.75) is 220 Å². The summed E-state index contributed by atoms with van der Waals surface area (Å²) in [4.78, 5) is 0. The molecule has 61 heavy (non-hydrogen) atoms. The quantitative estimate of drug-likeness (QED) is 0.0374. The molecule has 0 radical (unpaired) electrons. The molecule has 0 aromatic heterocycles. The van der Waals surface area contributed by atoms with Gasteiger partial charge in [-0.2, -0.15) is 0 Å². The highest BCUT2D eigenvalue weighted by Crippen LogP contribution is 2.17. The van der Waals surface area contributed by atoms with Crippen LogP contribution in [-0.2, 0) is 46.4 Å². The third-order valence-electron chi connectivity index (χ3n) is 10.7. The van der Waals surface area contributed by atoms with Crippen LogP contribution in [0.25, 0.3) is 0 Å². The first-order chi connectivity index (χ1) is 30.2. The van der Waals surface area contributed by atoms with E-state index in [0.29, 0.717) is 13.2 Å². The van der Waals surface area contributed by atoms with Gasteiger partial charge in [0.25, 0.3) is 0 Å². The zero-order valence-corrected chi connectivity index (χ0v) is 39.5. The normalized spacial score (nSPS) is 13.1. The second-order valence-corrected chi connectivity index (χ2v) is 16.5. The summed E-state index contributed by atoms with van der Waals surface area (Å²) in [6.45, 7) is 12.8. The molecule has 348 valence electrons. The van der Waals surface area contributed by atoms with E-state index in [2.05, 4.69) is 64.1 Å². The maximum absolute atomic E-state index is 6.61. The van der Waals surface area contributed by atoms with Gasteiger partial charge < -0.3 is 33.2 Å². The zero-order valence-electron chi connectivity index (χ0n) is 39.5. The van der Waals surface area contributed by atoms with Gasteiger partial charge in [-0.1, -0.05) is 203 Å². The lowest BCUT2D eigenvalue weighted by Crippen LogP contribution is -2.24. The number of ether oxygens (including phenoxy) is 7. The van der Waals surface area contributed by atoms with Gasteiger partial charge in [-0.15, -0.1) is 0 Å². The summed E-state index contributed by atoms with van der Waals surface area (Å²) in [5.41, 5.74) is 2.17. The fourth-order valence-electron chi connectivity index (χ4n) is 6.91. The van der Waals surface area contributed by atoms with Gasteiger partial charge in [0.1, 0.15) is 0 Å². The molecule has 0 amide bonds. The first-order valence-corrected chi connectivity index (χ1v) is 24.9. The molecule has 0 saturated carbocycles. The van der Waals surface area contributed by atoms with Crippen molar-refractivity contribution in [3.8, 4) is 0 Å².